The summed E-state index contributed by atoms with van der Waals surface area (Å²) in [5, 5.41) is 17.6. The molecule has 2 N–H and O–H groups in total. The summed E-state index contributed by atoms with van der Waals surface area (Å²) in [4.78, 5) is 11.3. The van der Waals surface area contributed by atoms with Gasteiger partial charge in [0.25, 0.3) is 0 Å². The molecular formula is C15H14O3. The third-order valence-electron chi connectivity index (χ3n) is 2.79. The summed E-state index contributed by atoms with van der Waals surface area (Å²) >= 11 is 0. The number of Topliss-reactive ketones (excluding diaryl/α,β-unsaturated/α-hetero) is 1. The van der Waals surface area contributed by atoms with Crippen molar-refractivity contribution in [3.8, 4) is 11.1 Å². The molecule has 0 aliphatic heterocycles. The predicted molar refractivity (Wildman–Crippen MR) is 69.2 cm³/mol. The topological polar surface area (TPSA) is 57.5 Å². The van der Waals surface area contributed by atoms with Gasteiger partial charge in [-0.3, -0.25) is 4.79 Å². The zero-order valence-electron chi connectivity index (χ0n) is 10.00. The lowest BCUT2D eigenvalue weighted by Crippen LogP contribution is -2.19. The summed E-state index contributed by atoms with van der Waals surface area (Å²) in [6, 6.07) is 14.8. The van der Waals surface area contributed by atoms with Gasteiger partial charge in [-0.05, 0) is 18.1 Å². The van der Waals surface area contributed by atoms with E-state index in [1.165, 1.54) is 5.56 Å². The Balaban J connectivity index is 2.27. The SMILES string of the molecule is Cc1ccc(-c2ccc(C(=O)C(O)O)cc2)cc1. The lowest BCUT2D eigenvalue weighted by Gasteiger charge is -2.05. The first-order valence-electron chi connectivity index (χ1n) is 5.65. The molecule has 3 heteroatoms. The van der Waals surface area contributed by atoms with Gasteiger partial charge in [0.2, 0.25) is 12.1 Å². The van der Waals surface area contributed by atoms with Crippen molar-refractivity contribution in [3.05, 3.63) is 59.7 Å². The van der Waals surface area contributed by atoms with Crippen LogP contribution in [0, 0.1) is 6.92 Å². The molecule has 0 spiro atoms. The smallest absolute Gasteiger partial charge is 0.218 e. The normalized spacial score (nSPS) is 10.7. The van der Waals surface area contributed by atoms with Crippen molar-refractivity contribution < 1.29 is 15.0 Å². The van der Waals surface area contributed by atoms with Crippen LogP contribution in [-0.4, -0.2) is 22.3 Å². The number of aliphatic hydroxyl groups excluding tert-OH is 1. The van der Waals surface area contributed by atoms with E-state index in [2.05, 4.69) is 0 Å². The summed E-state index contributed by atoms with van der Waals surface area (Å²) < 4.78 is 0. The molecule has 2 aromatic rings. The fourth-order valence-electron chi connectivity index (χ4n) is 1.72. The number of ketones is 1. The van der Waals surface area contributed by atoms with Gasteiger partial charge in [-0.1, -0.05) is 54.1 Å². The number of rotatable bonds is 3. The molecule has 2 aromatic carbocycles. The second-order valence-electron chi connectivity index (χ2n) is 4.18. The van der Waals surface area contributed by atoms with Crippen LogP contribution in [0.1, 0.15) is 15.9 Å². The van der Waals surface area contributed by atoms with E-state index in [1.807, 2.05) is 31.2 Å². The molecule has 0 unspecified atom stereocenters. The Kier molecular flexibility index (Phi) is 3.55. The highest BCUT2D eigenvalue weighted by Crippen LogP contribution is 2.20. The minimum absolute atomic E-state index is 0.292. The number of hydrogen-bond acceptors (Lipinski definition) is 3. The Bertz CT molecular complexity index is 539. The van der Waals surface area contributed by atoms with Crippen LogP contribution in [0.25, 0.3) is 11.1 Å². The van der Waals surface area contributed by atoms with Crippen molar-refractivity contribution in [2.45, 2.75) is 13.2 Å². The summed E-state index contributed by atoms with van der Waals surface area (Å²) in [7, 11) is 0. The minimum Gasteiger partial charge on any atom is -0.362 e. The summed E-state index contributed by atoms with van der Waals surface area (Å²) in [6.07, 6.45) is -1.95. The average molecular weight is 242 g/mol. The maximum absolute atomic E-state index is 11.3. The Morgan fingerprint density at radius 2 is 1.33 bits per heavy atom. The molecular weight excluding hydrogens is 228 g/mol. The van der Waals surface area contributed by atoms with Crippen LogP contribution in [0.3, 0.4) is 0 Å². The zero-order valence-corrected chi connectivity index (χ0v) is 10.00. The standard InChI is InChI=1S/C15H14O3/c1-10-2-4-11(5-3-10)12-6-8-13(9-7-12)14(16)15(17)18/h2-9,15,17-18H,1H3. The molecule has 0 aliphatic rings. The number of hydrogen-bond donors (Lipinski definition) is 2. The first-order chi connectivity index (χ1) is 8.58. The summed E-state index contributed by atoms with van der Waals surface area (Å²) in [6.45, 7) is 2.02. The summed E-state index contributed by atoms with van der Waals surface area (Å²) in [5.41, 5.74) is 3.53. The first kappa shape index (κ1) is 12.5. The van der Waals surface area contributed by atoms with Gasteiger partial charge in [-0.15, -0.1) is 0 Å². The largest absolute Gasteiger partial charge is 0.362 e. The number of aryl methyl sites for hydroxylation is 1. The van der Waals surface area contributed by atoms with E-state index >= 15 is 0 Å². The number of benzene rings is 2. The van der Waals surface area contributed by atoms with Gasteiger partial charge in [-0.2, -0.15) is 0 Å². The number of carbonyl (C=O) groups is 1. The van der Waals surface area contributed by atoms with Gasteiger partial charge >= 0.3 is 0 Å². The second kappa shape index (κ2) is 5.12. The molecule has 92 valence electrons. The van der Waals surface area contributed by atoms with Crippen molar-refractivity contribution in [2.75, 3.05) is 0 Å². The van der Waals surface area contributed by atoms with Gasteiger partial charge in [0.1, 0.15) is 0 Å². The number of aliphatic hydroxyl groups is 2. The van der Waals surface area contributed by atoms with Crippen LogP contribution in [0.2, 0.25) is 0 Å². The number of carbonyl (C=O) groups excluding carboxylic acids is 1. The van der Waals surface area contributed by atoms with Crippen LogP contribution < -0.4 is 0 Å². The van der Waals surface area contributed by atoms with Crippen molar-refractivity contribution in [3.63, 3.8) is 0 Å². The molecule has 3 nitrogen and oxygen atoms in total. The van der Waals surface area contributed by atoms with E-state index in [0.717, 1.165) is 11.1 Å². The molecule has 0 saturated carbocycles. The monoisotopic (exact) mass is 242 g/mol. The zero-order chi connectivity index (χ0) is 13.1. The average Bonchev–Trinajstić information content (AvgIpc) is 2.39. The lowest BCUT2D eigenvalue weighted by atomic mass is 10.0. The Morgan fingerprint density at radius 1 is 0.889 bits per heavy atom. The van der Waals surface area contributed by atoms with Gasteiger partial charge in [0.15, 0.2) is 0 Å². The van der Waals surface area contributed by atoms with Gasteiger partial charge in [0.05, 0.1) is 0 Å². The van der Waals surface area contributed by atoms with Crippen LogP contribution in [-0.2, 0) is 0 Å². The Hall–Kier alpha value is -1.97. The molecule has 2 rings (SSSR count). The maximum Gasteiger partial charge on any atom is 0.218 e. The summed E-state index contributed by atoms with van der Waals surface area (Å²) in [5.74, 6) is -0.689. The van der Waals surface area contributed by atoms with E-state index in [1.54, 1.807) is 24.3 Å². The third kappa shape index (κ3) is 2.64. The van der Waals surface area contributed by atoms with Gasteiger partial charge < -0.3 is 10.2 Å². The van der Waals surface area contributed by atoms with Gasteiger partial charge in [0, 0.05) is 5.56 Å². The fourth-order valence-corrected chi connectivity index (χ4v) is 1.72. The van der Waals surface area contributed by atoms with Crippen molar-refractivity contribution in [2.24, 2.45) is 0 Å². The quantitative estimate of drug-likeness (QED) is 0.640. The molecule has 0 saturated heterocycles. The molecule has 18 heavy (non-hydrogen) atoms. The molecule has 0 aliphatic carbocycles. The molecule has 0 radical (unpaired) electrons. The van der Waals surface area contributed by atoms with Crippen molar-refractivity contribution >= 4 is 5.78 Å². The molecule has 0 atom stereocenters. The lowest BCUT2D eigenvalue weighted by molar-refractivity contribution is -0.0195. The van der Waals surface area contributed by atoms with E-state index in [0.29, 0.717) is 5.56 Å². The second-order valence-corrected chi connectivity index (χ2v) is 4.18. The third-order valence-corrected chi connectivity index (χ3v) is 2.79. The van der Waals surface area contributed by atoms with Gasteiger partial charge in [-0.25, -0.2) is 0 Å². The highest BCUT2D eigenvalue weighted by molar-refractivity contribution is 5.98. The van der Waals surface area contributed by atoms with Crippen LogP contribution in [0.4, 0.5) is 0 Å². The van der Waals surface area contributed by atoms with Crippen molar-refractivity contribution in [1.29, 1.82) is 0 Å². The van der Waals surface area contributed by atoms with E-state index in [-0.39, 0.29) is 0 Å². The molecule has 0 fully saturated rings. The van der Waals surface area contributed by atoms with Crippen LogP contribution in [0.5, 0.6) is 0 Å². The van der Waals surface area contributed by atoms with Crippen molar-refractivity contribution in [1.82, 2.24) is 0 Å². The minimum atomic E-state index is -1.95. The highest BCUT2D eigenvalue weighted by Gasteiger charge is 2.13. The van der Waals surface area contributed by atoms with Crippen LogP contribution >= 0.6 is 0 Å². The van der Waals surface area contributed by atoms with Crippen LogP contribution in [0.15, 0.2) is 48.5 Å². The molecule has 0 heterocycles. The molecule has 0 aromatic heterocycles. The first-order valence-corrected chi connectivity index (χ1v) is 5.65. The molecule has 0 bridgehead atoms. The maximum atomic E-state index is 11.3. The Labute approximate surface area is 105 Å². The fraction of sp³-hybridized carbons (Fsp3) is 0.133. The predicted octanol–water partition coefficient (Wildman–Crippen LogP) is 2.16. The Morgan fingerprint density at radius 3 is 1.78 bits per heavy atom. The van der Waals surface area contributed by atoms with E-state index in [4.69, 9.17) is 10.2 Å². The highest BCUT2D eigenvalue weighted by atomic mass is 16.5. The van der Waals surface area contributed by atoms with E-state index < -0.39 is 12.1 Å². The molecule has 0 amide bonds. The van der Waals surface area contributed by atoms with E-state index in [9.17, 15) is 4.79 Å².